The molecule has 0 radical (unpaired) electrons. The van der Waals surface area contributed by atoms with E-state index in [9.17, 15) is 8.42 Å². The van der Waals surface area contributed by atoms with Gasteiger partial charge in [0.25, 0.3) is 5.89 Å². The monoisotopic (exact) mass is 401 g/mol. The van der Waals surface area contributed by atoms with Gasteiger partial charge in [0.15, 0.2) is 11.5 Å². The van der Waals surface area contributed by atoms with Crippen LogP contribution in [0.1, 0.15) is 36.0 Å². The molecule has 0 N–H and O–H groups in total. The summed E-state index contributed by atoms with van der Waals surface area (Å²) in [6.45, 7) is 4.49. The summed E-state index contributed by atoms with van der Waals surface area (Å²) in [4.78, 5) is 4.57. The van der Waals surface area contributed by atoms with Crippen LogP contribution in [0.15, 0.2) is 33.7 Å². The van der Waals surface area contributed by atoms with Crippen molar-refractivity contribution in [2.75, 3.05) is 6.54 Å². The number of rotatable bonds is 5. The van der Waals surface area contributed by atoms with Crippen molar-refractivity contribution in [2.45, 2.75) is 44.6 Å². The van der Waals surface area contributed by atoms with E-state index in [1.54, 1.807) is 23.7 Å². The maximum absolute atomic E-state index is 13.2. The summed E-state index contributed by atoms with van der Waals surface area (Å²) >= 11 is 0. The van der Waals surface area contributed by atoms with Crippen LogP contribution < -0.4 is 0 Å². The molecule has 0 spiro atoms. The second kappa shape index (κ2) is 7.14. The first-order valence-corrected chi connectivity index (χ1v) is 10.8. The van der Waals surface area contributed by atoms with E-state index in [1.165, 1.54) is 4.31 Å². The third kappa shape index (κ3) is 3.24. The van der Waals surface area contributed by atoms with Crippen molar-refractivity contribution < 1.29 is 12.9 Å². The lowest BCUT2D eigenvalue weighted by Gasteiger charge is -2.26. The molecule has 0 amide bonds. The molecule has 4 rings (SSSR count). The maximum atomic E-state index is 13.2. The third-order valence-corrected chi connectivity index (χ3v) is 6.90. The molecule has 0 atom stereocenters. The molecule has 0 aliphatic carbocycles. The van der Waals surface area contributed by atoms with Crippen molar-refractivity contribution in [3.05, 3.63) is 46.9 Å². The number of hydrogen-bond donors (Lipinski definition) is 0. The molecular weight excluding hydrogens is 378 g/mol. The van der Waals surface area contributed by atoms with Crippen LogP contribution in [-0.2, 0) is 36.5 Å². The van der Waals surface area contributed by atoms with Crippen molar-refractivity contribution in [1.29, 1.82) is 0 Å². The Kier molecular flexibility index (Phi) is 4.80. The minimum absolute atomic E-state index is 0.235. The topological polar surface area (TPSA) is 94.1 Å². The molecule has 28 heavy (non-hydrogen) atoms. The van der Waals surface area contributed by atoms with E-state index in [4.69, 9.17) is 4.52 Å². The zero-order chi connectivity index (χ0) is 19.9. The van der Waals surface area contributed by atoms with Gasteiger partial charge in [0.1, 0.15) is 0 Å². The number of hydrogen-bond acceptors (Lipinski definition) is 6. The maximum Gasteiger partial charge on any atom is 0.278 e. The number of sulfonamides is 1. The fourth-order valence-corrected chi connectivity index (χ4v) is 5.01. The predicted molar refractivity (Wildman–Crippen MR) is 103 cm³/mol. The molecule has 0 saturated carbocycles. The van der Waals surface area contributed by atoms with E-state index >= 15 is 0 Å². The van der Waals surface area contributed by atoms with Crippen LogP contribution in [-0.4, -0.2) is 39.2 Å². The van der Waals surface area contributed by atoms with E-state index in [1.807, 2.05) is 19.2 Å². The Morgan fingerprint density at radius 1 is 1.21 bits per heavy atom. The first-order valence-electron chi connectivity index (χ1n) is 9.34. The van der Waals surface area contributed by atoms with Crippen LogP contribution in [0.4, 0.5) is 0 Å². The van der Waals surface area contributed by atoms with Gasteiger partial charge in [-0.2, -0.15) is 14.4 Å². The first-order chi connectivity index (χ1) is 13.4. The molecule has 0 fully saturated rings. The molecule has 8 nitrogen and oxygen atoms in total. The average molecular weight is 401 g/mol. The highest BCUT2D eigenvalue weighted by atomic mass is 32.2. The van der Waals surface area contributed by atoms with Crippen LogP contribution in [0, 0.1) is 6.92 Å². The molecule has 2 aromatic heterocycles. The van der Waals surface area contributed by atoms with Gasteiger partial charge in [0.2, 0.25) is 10.0 Å². The Morgan fingerprint density at radius 3 is 2.61 bits per heavy atom. The van der Waals surface area contributed by atoms with Crippen molar-refractivity contribution in [2.24, 2.45) is 7.05 Å². The largest absolute Gasteiger partial charge is 0.332 e. The van der Waals surface area contributed by atoms with Crippen molar-refractivity contribution in [1.82, 2.24) is 24.2 Å². The van der Waals surface area contributed by atoms with Gasteiger partial charge in [-0.15, -0.1) is 0 Å². The Bertz CT molecular complexity index is 1100. The Morgan fingerprint density at radius 2 is 1.96 bits per heavy atom. The molecule has 0 unspecified atom stereocenters. The smallest absolute Gasteiger partial charge is 0.278 e. The van der Waals surface area contributed by atoms with Gasteiger partial charge in [0.05, 0.1) is 4.90 Å². The lowest BCUT2D eigenvalue weighted by atomic mass is 10.1. The fourth-order valence-electron chi connectivity index (χ4n) is 3.60. The number of aryl methyl sites for hydroxylation is 3. The van der Waals surface area contributed by atoms with Crippen LogP contribution in [0.2, 0.25) is 0 Å². The molecule has 0 saturated heterocycles. The van der Waals surface area contributed by atoms with Crippen LogP contribution in [0.5, 0.6) is 0 Å². The van der Waals surface area contributed by atoms with Crippen LogP contribution in [0.3, 0.4) is 0 Å². The quantitative estimate of drug-likeness (QED) is 0.652. The SMILES string of the molecule is CCCc1ccc(S(=O)(=O)N2CCc3c(c(-c4nc(C)no4)nn3C)C2)cc1. The molecule has 148 valence electrons. The number of fused-ring (bicyclic) bond motifs is 1. The second-order valence-electron chi connectivity index (χ2n) is 7.03. The minimum Gasteiger partial charge on any atom is -0.332 e. The Hall–Kier alpha value is -2.52. The van der Waals surface area contributed by atoms with E-state index in [-0.39, 0.29) is 6.54 Å². The summed E-state index contributed by atoms with van der Waals surface area (Å²) in [6, 6.07) is 7.17. The highest BCUT2D eigenvalue weighted by Gasteiger charge is 2.33. The molecule has 3 heterocycles. The summed E-state index contributed by atoms with van der Waals surface area (Å²) in [6.07, 6.45) is 2.55. The molecule has 0 bridgehead atoms. The van der Waals surface area contributed by atoms with Gasteiger partial charge in [-0.05, 0) is 31.0 Å². The fraction of sp³-hybridized carbons (Fsp3) is 0.421. The lowest BCUT2D eigenvalue weighted by Crippen LogP contribution is -2.36. The Labute approximate surface area is 164 Å². The zero-order valence-electron chi connectivity index (χ0n) is 16.2. The Balaban J connectivity index is 1.66. The molecule has 1 aliphatic rings. The first kappa shape index (κ1) is 18.8. The van der Waals surface area contributed by atoms with Crippen molar-refractivity contribution >= 4 is 10.0 Å². The molecule has 1 aromatic carbocycles. The van der Waals surface area contributed by atoms with E-state index in [0.29, 0.717) is 35.3 Å². The van der Waals surface area contributed by atoms with Crippen LogP contribution in [0.25, 0.3) is 11.6 Å². The summed E-state index contributed by atoms with van der Waals surface area (Å²) in [5.41, 5.74) is 3.51. The second-order valence-corrected chi connectivity index (χ2v) is 8.96. The standard InChI is InChI=1S/C19H23N5O3S/c1-4-5-14-6-8-15(9-7-14)28(25,26)24-11-10-17-16(12-24)18(21-23(17)3)19-20-13(2)22-27-19/h6-9H,4-5,10-12H2,1-3H3. The van der Waals surface area contributed by atoms with Gasteiger partial charge in [-0.25, -0.2) is 8.42 Å². The van der Waals surface area contributed by atoms with Crippen molar-refractivity contribution in [3.63, 3.8) is 0 Å². The van der Waals surface area contributed by atoms with E-state index < -0.39 is 10.0 Å². The van der Waals surface area contributed by atoms with Gasteiger partial charge in [-0.1, -0.05) is 30.6 Å². The van der Waals surface area contributed by atoms with E-state index in [0.717, 1.165) is 29.7 Å². The van der Waals surface area contributed by atoms with Crippen LogP contribution >= 0.6 is 0 Å². The normalized spacial score (nSPS) is 15.0. The van der Waals surface area contributed by atoms with Gasteiger partial charge in [-0.3, -0.25) is 4.68 Å². The summed E-state index contributed by atoms with van der Waals surface area (Å²) in [5, 5.41) is 8.32. The highest BCUT2D eigenvalue weighted by Crippen LogP contribution is 2.31. The molecular formula is C19H23N5O3S. The van der Waals surface area contributed by atoms with E-state index in [2.05, 4.69) is 22.2 Å². The molecule has 3 aromatic rings. The summed E-state index contributed by atoms with van der Waals surface area (Å²) in [7, 11) is -1.74. The number of benzene rings is 1. The van der Waals surface area contributed by atoms with Gasteiger partial charge < -0.3 is 4.52 Å². The number of nitrogens with zero attached hydrogens (tertiary/aromatic N) is 5. The lowest BCUT2D eigenvalue weighted by molar-refractivity contribution is 0.385. The summed E-state index contributed by atoms with van der Waals surface area (Å²) < 4.78 is 34.9. The molecule has 1 aliphatic heterocycles. The van der Waals surface area contributed by atoms with Gasteiger partial charge in [0, 0.05) is 37.8 Å². The zero-order valence-corrected chi connectivity index (χ0v) is 17.0. The molecule has 9 heteroatoms. The summed E-state index contributed by atoms with van der Waals surface area (Å²) in [5.74, 6) is 0.833. The van der Waals surface area contributed by atoms with Gasteiger partial charge >= 0.3 is 0 Å². The average Bonchev–Trinajstić information content (AvgIpc) is 3.25. The highest BCUT2D eigenvalue weighted by molar-refractivity contribution is 7.89. The van der Waals surface area contributed by atoms with Crippen molar-refractivity contribution in [3.8, 4) is 11.6 Å². The minimum atomic E-state index is -3.59. The predicted octanol–water partition coefficient (Wildman–Crippen LogP) is 2.48. The third-order valence-electron chi connectivity index (χ3n) is 5.04. The number of aromatic nitrogens is 4.